The van der Waals surface area contributed by atoms with Crippen molar-refractivity contribution in [2.45, 2.75) is 19.7 Å². The molecule has 3 nitrogen and oxygen atoms in total. The van der Waals surface area contributed by atoms with Crippen molar-refractivity contribution in [3.63, 3.8) is 0 Å². The molecule has 0 heterocycles. The van der Waals surface area contributed by atoms with E-state index in [9.17, 15) is 4.39 Å². The summed E-state index contributed by atoms with van der Waals surface area (Å²) in [6.07, 6.45) is 0. The molecule has 3 aromatic rings. The smallest absolute Gasteiger partial charge is 0.161 e. The standard InChI is InChI=1S/C22H21ClFNO2.ClH/c1-26-22-11-17(14-25-13-16-5-3-2-4-6-16)7-10-21(22)27-15-18-8-9-19(24)12-20(18)23;/h2-12,25H,13-15H2,1H3;1H. The molecular formula is C22H22Cl2FNO2. The third-order valence-electron chi connectivity index (χ3n) is 4.13. The fourth-order valence-corrected chi connectivity index (χ4v) is 2.90. The molecule has 0 atom stereocenters. The summed E-state index contributed by atoms with van der Waals surface area (Å²) < 4.78 is 24.4. The van der Waals surface area contributed by atoms with Crippen LogP contribution >= 0.6 is 24.0 Å². The molecule has 0 saturated carbocycles. The van der Waals surface area contributed by atoms with E-state index in [0.29, 0.717) is 22.1 Å². The number of hydrogen-bond acceptors (Lipinski definition) is 3. The highest BCUT2D eigenvalue weighted by molar-refractivity contribution is 6.31. The number of hydrogen-bond donors (Lipinski definition) is 1. The van der Waals surface area contributed by atoms with Crippen LogP contribution in [0, 0.1) is 5.82 Å². The van der Waals surface area contributed by atoms with Crippen molar-refractivity contribution >= 4 is 24.0 Å². The minimum absolute atomic E-state index is 0. The van der Waals surface area contributed by atoms with Gasteiger partial charge in [0, 0.05) is 18.7 Å². The molecular weight excluding hydrogens is 400 g/mol. The van der Waals surface area contributed by atoms with E-state index in [1.165, 1.54) is 17.7 Å². The van der Waals surface area contributed by atoms with E-state index in [-0.39, 0.29) is 24.8 Å². The third kappa shape index (κ3) is 6.13. The SMILES string of the molecule is COc1cc(CNCc2ccccc2)ccc1OCc1ccc(F)cc1Cl.Cl. The minimum atomic E-state index is -0.367. The predicted octanol–water partition coefficient (Wildman–Crippen LogP) is 5.78. The third-order valence-corrected chi connectivity index (χ3v) is 4.48. The Kier molecular flexibility index (Phi) is 8.58. The molecule has 1 N–H and O–H groups in total. The van der Waals surface area contributed by atoms with Gasteiger partial charge in [0.25, 0.3) is 0 Å². The van der Waals surface area contributed by atoms with Crippen molar-refractivity contribution in [1.82, 2.24) is 5.32 Å². The van der Waals surface area contributed by atoms with E-state index in [1.807, 2.05) is 36.4 Å². The maximum absolute atomic E-state index is 13.1. The second-order valence-electron chi connectivity index (χ2n) is 6.10. The van der Waals surface area contributed by atoms with Crippen LogP contribution < -0.4 is 14.8 Å². The molecule has 0 bridgehead atoms. The topological polar surface area (TPSA) is 30.5 Å². The summed E-state index contributed by atoms with van der Waals surface area (Å²) in [5.74, 6) is 0.894. The molecule has 0 amide bonds. The zero-order valence-corrected chi connectivity index (χ0v) is 17.0. The van der Waals surface area contributed by atoms with Crippen LogP contribution in [-0.4, -0.2) is 7.11 Å². The van der Waals surface area contributed by atoms with Crippen LogP contribution in [0.25, 0.3) is 0 Å². The molecule has 0 unspecified atom stereocenters. The van der Waals surface area contributed by atoms with Crippen LogP contribution in [0.3, 0.4) is 0 Å². The summed E-state index contributed by atoms with van der Waals surface area (Å²) in [4.78, 5) is 0. The first-order valence-corrected chi connectivity index (χ1v) is 9.02. The largest absolute Gasteiger partial charge is 0.493 e. The van der Waals surface area contributed by atoms with Crippen LogP contribution in [0.5, 0.6) is 11.5 Å². The zero-order chi connectivity index (χ0) is 19.1. The number of halogens is 3. The molecule has 28 heavy (non-hydrogen) atoms. The van der Waals surface area contributed by atoms with Crippen molar-refractivity contribution in [2.75, 3.05) is 7.11 Å². The monoisotopic (exact) mass is 421 g/mol. The lowest BCUT2D eigenvalue weighted by Crippen LogP contribution is -2.12. The van der Waals surface area contributed by atoms with Crippen LogP contribution in [-0.2, 0) is 19.7 Å². The highest BCUT2D eigenvalue weighted by Crippen LogP contribution is 2.29. The Labute approximate surface area is 175 Å². The molecule has 0 aromatic heterocycles. The fraction of sp³-hybridized carbons (Fsp3) is 0.182. The molecule has 0 spiro atoms. The Morgan fingerprint density at radius 3 is 2.36 bits per heavy atom. The van der Waals surface area contributed by atoms with Crippen molar-refractivity contribution < 1.29 is 13.9 Å². The second kappa shape index (κ2) is 10.9. The number of benzene rings is 3. The van der Waals surface area contributed by atoms with Gasteiger partial charge in [-0.25, -0.2) is 4.39 Å². The van der Waals surface area contributed by atoms with Gasteiger partial charge in [0.1, 0.15) is 12.4 Å². The van der Waals surface area contributed by atoms with Crippen molar-refractivity contribution in [2.24, 2.45) is 0 Å². The van der Waals surface area contributed by atoms with Gasteiger partial charge in [-0.05, 0) is 35.4 Å². The highest BCUT2D eigenvalue weighted by atomic mass is 35.5. The lowest BCUT2D eigenvalue weighted by molar-refractivity contribution is 0.284. The molecule has 0 fully saturated rings. The zero-order valence-electron chi connectivity index (χ0n) is 15.5. The lowest BCUT2D eigenvalue weighted by Gasteiger charge is -2.13. The Hall–Kier alpha value is -2.27. The Bertz CT molecular complexity index is 891. The molecule has 3 aromatic carbocycles. The summed E-state index contributed by atoms with van der Waals surface area (Å²) in [5.41, 5.74) is 3.05. The first-order valence-electron chi connectivity index (χ1n) is 8.64. The van der Waals surface area contributed by atoms with Crippen LogP contribution in [0.1, 0.15) is 16.7 Å². The molecule has 148 valence electrons. The van der Waals surface area contributed by atoms with Gasteiger partial charge in [0.05, 0.1) is 12.1 Å². The molecule has 0 saturated heterocycles. The molecule has 0 aliphatic rings. The van der Waals surface area contributed by atoms with E-state index >= 15 is 0 Å². The summed E-state index contributed by atoms with van der Waals surface area (Å²) in [6.45, 7) is 1.75. The van der Waals surface area contributed by atoms with Crippen molar-refractivity contribution in [3.05, 3.63) is 94.3 Å². The molecule has 0 aliphatic heterocycles. The second-order valence-corrected chi connectivity index (χ2v) is 6.51. The first kappa shape index (κ1) is 22.0. The number of rotatable bonds is 8. The maximum atomic E-state index is 13.1. The van der Waals surface area contributed by atoms with E-state index in [0.717, 1.165) is 18.7 Å². The van der Waals surface area contributed by atoms with Gasteiger partial charge < -0.3 is 14.8 Å². The Morgan fingerprint density at radius 2 is 1.64 bits per heavy atom. The lowest BCUT2D eigenvalue weighted by atomic mass is 10.2. The van der Waals surface area contributed by atoms with Crippen LogP contribution in [0.2, 0.25) is 5.02 Å². The minimum Gasteiger partial charge on any atom is -0.493 e. The average Bonchev–Trinajstić information content (AvgIpc) is 2.68. The number of ether oxygens (including phenoxy) is 2. The summed E-state index contributed by atoms with van der Waals surface area (Å²) in [6, 6.07) is 20.3. The number of nitrogens with one attached hydrogen (secondary N) is 1. The fourth-order valence-electron chi connectivity index (χ4n) is 2.68. The molecule has 3 rings (SSSR count). The van der Waals surface area contributed by atoms with Gasteiger partial charge in [0.2, 0.25) is 0 Å². The normalized spacial score (nSPS) is 10.2. The Balaban J connectivity index is 0.00000280. The van der Waals surface area contributed by atoms with E-state index in [1.54, 1.807) is 13.2 Å². The highest BCUT2D eigenvalue weighted by Gasteiger charge is 2.08. The molecule has 6 heteroatoms. The average molecular weight is 422 g/mol. The summed E-state index contributed by atoms with van der Waals surface area (Å²) >= 11 is 6.04. The Morgan fingerprint density at radius 1 is 0.893 bits per heavy atom. The van der Waals surface area contributed by atoms with Crippen molar-refractivity contribution in [3.8, 4) is 11.5 Å². The van der Waals surface area contributed by atoms with Crippen molar-refractivity contribution in [1.29, 1.82) is 0 Å². The molecule has 0 aliphatic carbocycles. The molecule has 0 radical (unpaired) electrons. The van der Waals surface area contributed by atoms with E-state index in [4.69, 9.17) is 21.1 Å². The van der Waals surface area contributed by atoms with Crippen LogP contribution in [0.15, 0.2) is 66.7 Å². The number of methoxy groups -OCH3 is 1. The van der Waals surface area contributed by atoms with Gasteiger partial charge in [-0.2, -0.15) is 0 Å². The van der Waals surface area contributed by atoms with E-state index < -0.39 is 0 Å². The van der Waals surface area contributed by atoms with Gasteiger partial charge in [-0.1, -0.05) is 54.1 Å². The van der Waals surface area contributed by atoms with E-state index in [2.05, 4.69) is 17.4 Å². The summed E-state index contributed by atoms with van der Waals surface area (Å²) in [7, 11) is 1.61. The van der Waals surface area contributed by atoms with Crippen LogP contribution in [0.4, 0.5) is 4.39 Å². The van der Waals surface area contributed by atoms with Gasteiger partial charge >= 0.3 is 0 Å². The first-order chi connectivity index (χ1) is 13.2. The summed E-state index contributed by atoms with van der Waals surface area (Å²) in [5, 5.41) is 3.75. The predicted molar refractivity (Wildman–Crippen MR) is 113 cm³/mol. The maximum Gasteiger partial charge on any atom is 0.161 e. The quantitative estimate of drug-likeness (QED) is 0.499. The van der Waals surface area contributed by atoms with Gasteiger partial charge in [0.15, 0.2) is 11.5 Å². The van der Waals surface area contributed by atoms with Gasteiger partial charge in [-0.15, -0.1) is 12.4 Å². The van der Waals surface area contributed by atoms with Gasteiger partial charge in [-0.3, -0.25) is 0 Å².